The molecule has 0 bridgehead atoms. The van der Waals surface area contributed by atoms with E-state index in [1.807, 2.05) is 25.8 Å². The van der Waals surface area contributed by atoms with Gasteiger partial charge in [0.2, 0.25) is 5.91 Å². The van der Waals surface area contributed by atoms with Crippen LogP contribution in [-0.2, 0) is 16.0 Å². The zero-order valence-corrected chi connectivity index (χ0v) is 28.6. The molecule has 49 heavy (non-hydrogen) atoms. The number of hydrogen-bond donors (Lipinski definition) is 1. The predicted octanol–water partition coefficient (Wildman–Crippen LogP) is 5.97. The van der Waals surface area contributed by atoms with Crippen molar-refractivity contribution in [3.63, 3.8) is 0 Å². The molecule has 2 aromatic carbocycles. The lowest BCUT2D eigenvalue weighted by Crippen LogP contribution is -2.43. The van der Waals surface area contributed by atoms with Gasteiger partial charge in [-0.05, 0) is 73.7 Å². The second-order valence-electron chi connectivity index (χ2n) is 13.0. The third-order valence-corrected chi connectivity index (χ3v) is 10.0. The number of fused-ring (bicyclic) bond motifs is 3. The highest BCUT2D eigenvalue weighted by atomic mass is 19.1. The molecule has 1 amide bonds. The minimum absolute atomic E-state index is 0.0308. The van der Waals surface area contributed by atoms with Gasteiger partial charge in [0.05, 0.1) is 10.9 Å². The smallest absolute Gasteiger partial charge is 0.319 e. The molecule has 0 aliphatic carbocycles. The van der Waals surface area contributed by atoms with Crippen molar-refractivity contribution in [2.75, 3.05) is 52.6 Å². The fraction of sp³-hybridized carbons (Fsp3) is 0.500. The summed E-state index contributed by atoms with van der Waals surface area (Å²) in [5.41, 5.74) is 0.233. The van der Waals surface area contributed by atoms with Crippen LogP contribution < -0.4 is 19.7 Å². The molecule has 2 aromatic heterocycles. The lowest BCUT2D eigenvalue weighted by Gasteiger charge is -2.31. The van der Waals surface area contributed by atoms with Gasteiger partial charge in [0, 0.05) is 58.4 Å². The minimum Gasteiger partial charge on any atom is -0.468 e. The highest BCUT2D eigenvalue weighted by Crippen LogP contribution is 2.42. The van der Waals surface area contributed by atoms with Crippen LogP contribution in [0.5, 0.6) is 11.8 Å². The number of benzene rings is 2. The van der Waals surface area contributed by atoms with Crippen LogP contribution in [0.25, 0.3) is 32.9 Å². The van der Waals surface area contributed by atoms with Crippen molar-refractivity contribution in [3.05, 3.63) is 47.7 Å². The second kappa shape index (κ2) is 14.3. The highest BCUT2D eigenvalue weighted by Gasteiger charge is 2.49. The van der Waals surface area contributed by atoms with Gasteiger partial charge in [-0.25, -0.2) is 13.2 Å². The lowest BCUT2D eigenvalue weighted by atomic mass is 9.94. The summed E-state index contributed by atoms with van der Waals surface area (Å²) in [6, 6.07) is 6.18. The number of rotatable bonds is 13. The maximum absolute atomic E-state index is 17.0. The standard InChI is InChI=1S/C36H43F3N6O4/c1-6-25-28(38)10-9-22-14-24(49-20-47-5)15-26(30(22)25)32-31(39)33-27(17-41-32)34(44(4)21(2)8-11-29(46)40-3)43-35(42-33)48-19-36-12-7-13-45(36)18-23(37)16-36/h9-10,14-15,17,21,23H,6-8,11-13,16,18-20H2,1-5H3,(H,40,46)/t21?,23-,36+/m1/s1. The van der Waals surface area contributed by atoms with Crippen molar-refractivity contribution >= 4 is 33.4 Å². The van der Waals surface area contributed by atoms with Crippen molar-refractivity contribution in [2.45, 2.75) is 70.1 Å². The van der Waals surface area contributed by atoms with Crippen LogP contribution >= 0.6 is 0 Å². The molecule has 262 valence electrons. The molecule has 2 fully saturated rings. The van der Waals surface area contributed by atoms with E-state index in [1.165, 1.54) is 19.4 Å². The first-order chi connectivity index (χ1) is 23.6. The number of halogens is 3. The Labute approximate surface area is 284 Å². The topological polar surface area (TPSA) is 102 Å². The Hall–Kier alpha value is -4.23. The van der Waals surface area contributed by atoms with Gasteiger partial charge >= 0.3 is 6.01 Å². The Bertz CT molecular complexity index is 1860. The number of amides is 1. The van der Waals surface area contributed by atoms with Crippen molar-refractivity contribution in [3.8, 4) is 23.0 Å². The number of nitrogens with zero attached hydrogens (tertiary/aromatic N) is 5. The normalized spacial score (nSPS) is 19.7. The fourth-order valence-corrected chi connectivity index (χ4v) is 7.29. The Morgan fingerprint density at radius 3 is 2.80 bits per heavy atom. The molecule has 2 saturated heterocycles. The molecule has 6 rings (SSSR count). The number of aromatic nitrogens is 3. The van der Waals surface area contributed by atoms with E-state index in [9.17, 15) is 9.18 Å². The number of carbonyl (C=O) groups is 1. The Morgan fingerprint density at radius 2 is 2.04 bits per heavy atom. The number of pyridine rings is 1. The molecule has 2 aliphatic heterocycles. The minimum atomic E-state index is -0.938. The fourth-order valence-electron chi connectivity index (χ4n) is 7.29. The van der Waals surface area contributed by atoms with E-state index in [1.54, 1.807) is 25.2 Å². The number of nitrogens with one attached hydrogen (secondary N) is 1. The monoisotopic (exact) mass is 680 g/mol. The average Bonchev–Trinajstić information content (AvgIpc) is 3.63. The summed E-state index contributed by atoms with van der Waals surface area (Å²) in [7, 11) is 4.90. The van der Waals surface area contributed by atoms with Crippen molar-refractivity contribution in [2.24, 2.45) is 0 Å². The number of alkyl halides is 1. The zero-order valence-electron chi connectivity index (χ0n) is 28.6. The Morgan fingerprint density at radius 1 is 1.22 bits per heavy atom. The molecule has 4 heterocycles. The van der Waals surface area contributed by atoms with E-state index >= 15 is 8.78 Å². The summed E-state index contributed by atoms with van der Waals surface area (Å²) >= 11 is 0. The van der Waals surface area contributed by atoms with Gasteiger partial charge in [0.15, 0.2) is 12.6 Å². The van der Waals surface area contributed by atoms with E-state index < -0.39 is 23.3 Å². The van der Waals surface area contributed by atoms with Gasteiger partial charge in [0.25, 0.3) is 0 Å². The van der Waals surface area contributed by atoms with E-state index in [0.29, 0.717) is 71.1 Å². The first-order valence-electron chi connectivity index (χ1n) is 16.8. The van der Waals surface area contributed by atoms with Gasteiger partial charge in [-0.15, -0.1) is 0 Å². The Balaban J connectivity index is 1.49. The van der Waals surface area contributed by atoms with Gasteiger partial charge < -0.3 is 24.4 Å². The number of methoxy groups -OCH3 is 1. The summed E-state index contributed by atoms with van der Waals surface area (Å²) in [5, 5.41) is 4.15. The van der Waals surface area contributed by atoms with Gasteiger partial charge in [-0.1, -0.05) is 13.0 Å². The molecule has 0 spiro atoms. The molecule has 0 radical (unpaired) electrons. The van der Waals surface area contributed by atoms with Crippen LogP contribution in [0.3, 0.4) is 0 Å². The van der Waals surface area contributed by atoms with Gasteiger partial charge in [-0.2, -0.15) is 9.97 Å². The third kappa shape index (κ3) is 6.70. The van der Waals surface area contributed by atoms with E-state index in [0.717, 1.165) is 19.4 Å². The molecular weight excluding hydrogens is 637 g/mol. The molecular formula is C36H43F3N6O4. The van der Waals surface area contributed by atoms with Crippen LogP contribution in [-0.4, -0.2) is 91.2 Å². The van der Waals surface area contributed by atoms with Crippen LogP contribution in [0.2, 0.25) is 0 Å². The first-order valence-corrected chi connectivity index (χ1v) is 16.8. The zero-order chi connectivity index (χ0) is 34.9. The maximum atomic E-state index is 17.0. The Kier molecular flexibility index (Phi) is 10.1. The van der Waals surface area contributed by atoms with Crippen LogP contribution in [0.1, 0.15) is 51.5 Å². The van der Waals surface area contributed by atoms with Crippen molar-refractivity contribution < 1.29 is 32.2 Å². The van der Waals surface area contributed by atoms with Gasteiger partial charge in [0.1, 0.15) is 41.4 Å². The molecule has 1 N–H and O–H groups in total. The predicted molar refractivity (Wildman–Crippen MR) is 182 cm³/mol. The molecule has 13 heteroatoms. The summed E-state index contributed by atoms with van der Waals surface area (Å²) in [5.74, 6) is -0.457. The molecule has 1 unspecified atom stereocenters. The number of anilines is 1. The van der Waals surface area contributed by atoms with Crippen LogP contribution in [0.15, 0.2) is 30.5 Å². The van der Waals surface area contributed by atoms with Crippen LogP contribution in [0.4, 0.5) is 19.0 Å². The summed E-state index contributed by atoms with van der Waals surface area (Å²) < 4.78 is 63.8. The van der Waals surface area contributed by atoms with Gasteiger partial charge in [-0.3, -0.25) is 14.7 Å². The molecule has 4 aromatic rings. The highest BCUT2D eigenvalue weighted by molar-refractivity contribution is 6.01. The first kappa shape index (κ1) is 34.6. The van der Waals surface area contributed by atoms with Crippen molar-refractivity contribution in [1.29, 1.82) is 0 Å². The third-order valence-electron chi connectivity index (χ3n) is 10.0. The number of hydrogen-bond acceptors (Lipinski definition) is 9. The SMILES string of the molecule is CCc1c(F)ccc2cc(OCOC)cc(-c3ncc4c(N(C)C(C)CCC(=O)NC)nc(OC[C@@]56CCCN5C[C@H](F)C6)nc4c3F)c12. The van der Waals surface area contributed by atoms with Crippen LogP contribution in [0, 0.1) is 11.6 Å². The molecule has 0 saturated carbocycles. The largest absolute Gasteiger partial charge is 0.468 e. The van der Waals surface area contributed by atoms with E-state index in [4.69, 9.17) is 19.2 Å². The summed E-state index contributed by atoms with van der Waals surface area (Å²) in [6.45, 7) is 5.07. The van der Waals surface area contributed by atoms with Crippen molar-refractivity contribution in [1.82, 2.24) is 25.2 Å². The number of carbonyl (C=O) groups excluding carboxylic acids is 1. The average molecular weight is 681 g/mol. The van der Waals surface area contributed by atoms with E-state index in [2.05, 4.69) is 20.2 Å². The number of aryl methyl sites for hydroxylation is 1. The van der Waals surface area contributed by atoms with E-state index in [-0.39, 0.29) is 42.6 Å². The summed E-state index contributed by atoms with van der Waals surface area (Å²) in [4.78, 5) is 29.9. The maximum Gasteiger partial charge on any atom is 0.319 e. The molecule has 3 atom stereocenters. The quantitative estimate of drug-likeness (QED) is 0.171. The molecule has 2 aliphatic rings. The summed E-state index contributed by atoms with van der Waals surface area (Å²) in [6.07, 6.45) is 3.82. The molecule has 10 nitrogen and oxygen atoms in total. The second-order valence-corrected chi connectivity index (χ2v) is 13.0. The number of ether oxygens (including phenoxy) is 3. The lowest BCUT2D eigenvalue weighted by molar-refractivity contribution is -0.120.